The van der Waals surface area contributed by atoms with Crippen LogP contribution in [0, 0.1) is 5.82 Å². The fourth-order valence-corrected chi connectivity index (χ4v) is 1.56. The van der Waals surface area contributed by atoms with E-state index in [1.54, 1.807) is 19.2 Å². The minimum atomic E-state index is -0.721. The molecule has 1 aromatic rings. The summed E-state index contributed by atoms with van der Waals surface area (Å²) in [4.78, 5) is 13.1. The van der Waals surface area contributed by atoms with Crippen molar-refractivity contribution in [2.45, 2.75) is 6.10 Å². The van der Waals surface area contributed by atoms with Crippen LogP contribution in [0.25, 0.3) is 6.08 Å². The Morgan fingerprint density at radius 1 is 1.58 bits per heavy atom. The molecule has 104 valence electrons. The summed E-state index contributed by atoms with van der Waals surface area (Å²) < 4.78 is 17.7. The Kier molecular flexibility index (Phi) is 6.18. The van der Waals surface area contributed by atoms with E-state index in [0.717, 1.165) is 0 Å². The maximum absolute atomic E-state index is 12.9. The summed E-state index contributed by atoms with van der Waals surface area (Å²) in [5.41, 5.74) is 0.610. The number of carbonyl (C=O) groups excluding carboxylic acids is 1. The summed E-state index contributed by atoms with van der Waals surface area (Å²) in [5.74, 6) is -0.613. The zero-order chi connectivity index (χ0) is 14.3. The molecule has 1 aromatic carbocycles. The normalized spacial score (nSPS) is 12.6. The van der Waals surface area contributed by atoms with Crippen molar-refractivity contribution in [3.63, 3.8) is 0 Å². The number of benzene rings is 1. The number of ether oxygens (including phenoxy) is 1. The second-order valence-electron chi connectivity index (χ2n) is 4.22. The van der Waals surface area contributed by atoms with Gasteiger partial charge in [-0.05, 0) is 23.8 Å². The number of hydrogen-bond donors (Lipinski definition) is 1. The predicted molar refractivity (Wildman–Crippen MR) is 71.0 cm³/mol. The number of halogens is 1. The second-order valence-corrected chi connectivity index (χ2v) is 4.22. The number of aliphatic hydroxyl groups excluding tert-OH is 1. The molecule has 0 bridgehead atoms. The monoisotopic (exact) mass is 267 g/mol. The largest absolute Gasteiger partial charge is 0.389 e. The minimum absolute atomic E-state index is 0.172. The van der Waals surface area contributed by atoms with E-state index in [9.17, 15) is 14.3 Å². The number of aliphatic hydroxyl groups is 1. The van der Waals surface area contributed by atoms with Gasteiger partial charge in [0.15, 0.2) is 0 Å². The highest BCUT2D eigenvalue weighted by Gasteiger charge is 2.11. The van der Waals surface area contributed by atoms with Crippen LogP contribution in [-0.2, 0) is 9.53 Å². The summed E-state index contributed by atoms with van der Waals surface area (Å²) >= 11 is 0. The fourth-order valence-electron chi connectivity index (χ4n) is 1.56. The first kappa shape index (κ1) is 15.3. The Morgan fingerprint density at radius 2 is 2.32 bits per heavy atom. The van der Waals surface area contributed by atoms with Gasteiger partial charge < -0.3 is 14.7 Å². The molecule has 0 heterocycles. The molecule has 0 saturated heterocycles. The van der Waals surface area contributed by atoms with Gasteiger partial charge in [-0.3, -0.25) is 4.79 Å². The van der Waals surface area contributed by atoms with E-state index in [2.05, 4.69) is 0 Å². The van der Waals surface area contributed by atoms with Crippen molar-refractivity contribution in [3.05, 3.63) is 41.7 Å². The van der Waals surface area contributed by atoms with Crippen LogP contribution < -0.4 is 0 Å². The summed E-state index contributed by atoms with van der Waals surface area (Å²) in [6, 6.07) is 5.95. The third kappa shape index (κ3) is 5.63. The molecule has 0 aromatic heterocycles. The van der Waals surface area contributed by atoms with E-state index in [0.29, 0.717) is 5.56 Å². The molecule has 0 aliphatic carbocycles. The minimum Gasteiger partial charge on any atom is -0.389 e. The van der Waals surface area contributed by atoms with Crippen molar-refractivity contribution in [2.24, 2.45) is 0 Å². The Balaban J connectivity index is 2.54. The first-order chi connectivity index (χ1) is 9.02. The van der Waals surface area contributed by atoms with Gasteiger partial charge >= 0.3 is 0 Å². The van der Waals surface area contributed by atoms with Crippen molar-refractivity contribution in [2.75, 3.05) is 27.3 Å². The van der Waals surface area contributed by atoms with Gasteiger partial charge in [0.1, 0.15) is 5.82 Å². The number of likely N-dealkylation sites (N-methyl/N-ethyl adjacent to an activating group) is 1. The summed E-state index contributed by atoms with van der Waals surface area (Å²) in [5, 5.41) is 9.50. The van der Waals surface area contributed by atoms with Crippen LogP contribution in [-0.4, -0.2) is 49.3 Å². The van der Waals surface area contributed by atoms with Gasteiger partial charge in [0.05, 0.1) is 12.7 Å². The highest BCUT2D eigenvalue weighted by atomic mass is 19.1. The maximum Gasteiger partial charge on any atom is 0.246 e. The van der Waals surface area contributed by atoms with Crippen LogP contribution in [0.1, 0.15) is 5.56 Å². The second kappa shape index (κ2) is 7.66. The van der Waals surface area contributed by atoms with Crippen molar-refractivity contribution in [3.8, 4) is 0 Å². The molecular weight excluding hydrogens is 249 g/mol. The lowest BCUT2D eigenvalue weighted by Gasteiger charge is -2.18. The molecule has 5 heteroatoms. The van der Waals surface area contributed by atoms with Crippen molar-refractivity contribution < 1.29 is 19.0 Å². The molecule has 1 rings (SSSR count). The zero-order valence-electron chi connectivity index (χ0n) is 11.0. The molecule has 0 aliphatic rings. The van der Waals surface area contributed by atoms with Gasteiger partial charge in [-0.1, -0.05) is 12.1 Å². The molecule has 0 radical (unpaired) electrons. The Labute approximate surface area is 112 Å². The number of methoxy groups -OCH3 is 1. The van der Waals surface area contributed by atoms with E-state index in [-0.39, 0.29) is 24.9 Å². The molecule has 1 atom stereocenters. The summed E-state index contributed by atoms with van der Waals surface area (Å²) in [6.07, 6.45) is 2.15. The van der Waals surface area contributed by atoms with Crippen LogP contribution in [0.2, 0.25) is 0 Å². The van der Waals surface area contributed by atoms with Gasteiger partial charge in [-0.15, -0.1) is 0 Å². The molecule has 0 aliphatic heterocycles. The highest BCUT2D eigenvalue weighted by Crippen LogP contribution is 2.05. The molecule has 0 saturated carbocycles. The van der Waals surface area contributed by atoms with E-state index in [1.807, 2.05) is 0 Å². The summed E-state index contributed by atoms with van der Waals surface area (Å²) in [7, 11) is 3.06. The van der Waals surface area contributed by atoms with Gasteiger partial charge in [-0.25, -0.2) is 4.39 Å². The average molecular weight is 267 g/mol. The molecular formula is C14H18FNO3. The van der Waals surface area contributed by atoms with Crippen molar-refractivity contribution in [1.82, 2.24) is 4.90 Å². The fraction of sp³-hybridized carbons (Fsp3) is 0.357. The van der Waals surface area contributed by atoms with E-state index >= 15 is 0 Å². The lowest BCUT2D eigenvalue weighted by molar-refractivity contribution is -0.126. The maximum atomic E-state index is 12.9. The molecule has 19 heavy (non-hydrogen) atoms. The Bertz CT molecular complexity index is 448. The molecule has 0 fully saturated rings. The summed E-state index contributed by atoms with van der Waals surface area (Å²) in [6.45, 7) is 0.353. The van der Waals surface area contributed by atoms with Crippen molar-refractivity contribution in [1.29, 1.82) is 0 Å². The highest BCUT2D eigenvalue weighted by molar-refractivity contribution is 5.91. The SMILES string of the molecule is COCC(O)CN(C)C(=O)C=Cc1cccc(F)c1. The average Bonchev–Trinajstić information content (AvgIpc) is 2.36. The number of carbonyl (C=O) groups is 1. The van der Waals surface area contributed by atoms with E-state index in [4.69, 9.17) is 4.74 Å². The standard InChI is InChI=1S/C14H18FNO3/c1-16(9-13(17)10-19-2)14(18)7-6-11-4-3-5-12(15)8-11/h3-8,13,17H,9-10H2,1-2H3. The molecule has 0 spiro atoms. The third-order valence-electron chi connectivity index (χ3n) is 2.49. The Hall–Kier alpha value is -1.72. The number of rotatable bonds is 6. The van der Waals surface area contributed by atoms with Gasteiger partial charge in [0.25, 0.3) is 0 Å². The predicted octanol–water partition coefficient (Wildman–Crippen LogP) is 1.30. The first-order valence-corrected chi connectivity index (χ1v) is 5.88. The third-order valence-corrected chi connectivity index (χ3v) is 2.49. The van der Waals surface area contributed by atoms with Gasteiger partial charge in [-0.2, -0.15) is 0 Å². The number of nitrogens with zero attached hydrogens (tertiary/aromatic N) is 1. The lowest BCUT2D eigenvalue weighted by atomic mass is 10.2. The van der Waals surface area contributed by atoms with Crippen LogP contribution in [0.5, 0.6) is 0 Å². The smallest absolute Gasteiger partial charge is 0.246 e. The van der Waals surface area contributed by atoms with Crippen LogP contribution in [0.3, 0.4) is 0 Å². The van der Waals surface area contributed by atoms with Gasteiger partial charge in [0, 0.05) is 26.8 Å². The molecule has 1 N–H and O–H groups in total. The van der Waals surface area contributed by atoms with Crippen LogP contribution in [0.4, 0.5) is 4.39 Å². The van der Waals surface area contributed by atoms with Gasteiger partial charge in [0.2, 0.25) is 5.91 Å². The number of hydrogen-bond acceptors (Lipinski definition) is 3. The quantitative estimate of drug-likeness (QED) is 0.790. The van der Waals surface area contributed by atoms with E-state index in [1.165, 1.54) is 36.3 Å². The zero-order valence-corrected chi connectivity index (χ0v) is 11.0. The van der Waals surface area contributed by atoms with Crippen molar-refractivity contribution >= 4 is 12.0 Å². The molecule has 1 unspecified atom stereocenters. The Morgan fingerprint density at radius 3 is 2.95 bits per heavy atom. The number of amides is 1. The topological polar surface area (TPSA) is 49.8 Å². The first-order valence-electron chi connectivity index (χ1n) is 5.88. The molecule has 1 amide bonds. The molecule has 4 nitrogen and oxygen atoms in total. The lowest BCUT2D eigenvalue weighted by Crippen LogP contribution is -2.35. The van der Waals surface area contributed by atoms with Crippen LogP contribution >= 0.6 is 0 Å². The van der Waals surface area contributed by atoms with Crippen LogP contribution in [0.15, 0.2) is 30.3 Å². The van der Waals surface area contributed by atoms with E-state index < -0.39 is 6.10 Å².